The van der Waals surface area contributed by atoms with E-state index in [-0.39, 0.29) is 22.4 Å². The second kappa shape index (κ2) is 15.4. The van der Waals surface area contributed by atoms with Crippen molar-refractivity contribution in [1.82, 2.24) is 5.32 Å². The number of hydrogen-bond donors (Lipinski definition) is 3. The highest BCUT2D eigenvalue weighted by Crippen LogP contribution is 2.30. The van der Waals surface area contributed by atoms with Gasteiger partial charge in [0.25, 0.3) is 11.8 Å². The largest absolute Gasteiger partial charge is 0.325 e. The lowest BCUT2D eigenvalue weighted by Gasteiger charge is -2.16. The Hall–Kier alpha value is -4.37. The number of Topliss-reactive ketones (excluding diaryl/α,β-unsaturated/α-hetero) is 1. The molecule has 0 bridgehead atoms. The summed E-state index contributed by atoms with van der Waals surface area (Å²) in [6.45, 7) is 3.40. The molecule has 0 aliphatic rings. The van der Waals surface area contributed by atoms with Gasteiger partial charge in [0.15, 0.2) is 5.78 Å². The number of anilines is 2. The van der Waals surface area contributed by atoms with Gasteiger partial charge in [0.05, 0.1) is 15.3 Å². The molecule has 0 aliphatic heterocycles. The Morgan fingerprint density at radius 1 is 0.795 bits per heavy atom. The molecule has 4 rings (SSSR count). The molecule has 0 fully saturated rings. The van der Waals surface area contributed by atoms with Crippen molar-refractivity contribution in [1.29, 1.82) is 0 Å². The Morgan fingerprint density at radius 2 is 1.50 bits per heavy atom. The molecule has 1 atom stereocenters. The van der Waals surface area contributed by atoms with Gasteiger partial charge < -0.3 is 16.0 Å². The maximum atomic E-state index is 13.5. The van der Waals surface area contributed by atoms with Crippen molar-refractivity contribution in [2.24, 2.45) is 0 Å². The van der Waals surface area contributed by atoms with E-state index in [0.717, 1.165) is 4.90 Å². The molecule has 4 aromatic rings. The molecule has 10 heteroatoms. The zero-order valence-corrected chi connectivity index (χ0v) is 26.2. The molecule has 0 aromatic heterocycles. The van der Waals surface area contributed by atoms with E-state index in [4.69, 9.17) is 23.2 Å². The zero-order valence-electron chi connectivity index (χ0n) is 23.9. The van der Waals surface area contributed by atoms with E-state index in [2.05, 4.69) is 16.0 Å². The van der Waals surface area contributed by atoms with Gasteiger partial charge in [-0.1, -0.05) is 66.5 Å². The average molecular weight is 647 g/mol. The first-order valence-electron chi connectivity index (χ1n) is 13.7. The van der Waals surface area contributed by atoms with E-state index in [1.54, 1.807) is 91.0 Å². The van der Waals surface area contributed by atoms with Crippen molar-refractivity contribution in [3.63, 3.8) is 0 Å². The SMILES string of the molecule is CCC(Sc1cccc(NC(=O)/C(=C\c2cccc(Cl)c2Cl)NC(=O)c2ccccc2)c1)C(=O)Nc1ccc(C(C)=O)cc1. The predicted octanol–water partition coefficient (Wildman–Crippen LogP) is 8.12. The third-order valence-electron chi connectivity index (χ3n) is 6.40. The minimum Gasteiger partial charge on any atom is -0.325 e. The third-order valence-corrected chi connectivity index (χ3v) is 8.59. The van der Waals surface area contributed by atoms with Crippen LogP contribution in [0.25, 0.3) is 6.08 Å². The van der Waals surface area contributed by atoms with Gasteiger partial charge in [-0.15, -0.1) is 11.8 Å². The molecule has 0 saturated carbocycles. The molecule has 0 radical (unpaired) electrons. The van der Waals surface area contributed by atoms with Crippen molar-refractivity contribution < 1.29 is 19.2 Å². The predicted molar refractivity (Wildman–Crippen MR) is 178 cm³/mol. The van der Waals surface area contributed by atoms with Gasteiger partial charge >= 0.3 is 0 Å². The molecular weight excluding hydrogens is 617 g/mol. The Bertz CT molecular complexity index is 1710. The number of hydrogen-bond acceptors (Lipinski definition) is 5. The first kappa shape index (κ1) is 32.5. The summed E-state index contributed by atoms with van der Waals surface area (Å²) in [5.74, 6) is -1.28. The van der Waals surface area contributed by atoms with Crippen LogP contribution in [-0.2, 0) is 9.59 Å². The van der Waals surface area contributed by atoms with Gasteiger partial charge in [-0.25, -0.2) is 0 Å². The molecule has 0 saturated heterocycles. The fourth-order valence-electron chi connectivity index (χ4n) is 4.07. The van der Waals surface area contributed by atoms with Crippen LogP contribution in [0.15, 0.2) is 108 Å². The van der Waals surface area contributed by atoms with Crippen LogP contribution in [0.2, 0.25) is 10.0 Å². The molecule has 44 heavy (non-hydrogen) atoms. The van der Waals surface area contributed by atoms with Crippen molar-refractivity contribution in [2.45, 2.75) is 30.4 Å². The fourth-order valence-corrected chi connectivity index (χ4v) is 5.45. The standard InChI is InChI=1S/C34H29Cl2N3O4S/c1-3-30(34(43)37-25-17-15-22(16-18-25)21(2)40)44-27-13-8-12-26(20-27)38-33(42)29(19-24-11-7-14-28(35)31(24)36)39-32(41)23-9-5-4-6-10-23/h4-20,30H,3H2,1-2H3,(H,37,43)(H,38,42)(H,39,41)/b29-19+. The highest BCUT2D eigenvalue weighted by molar-refractivity contribution is 8.00. The summed E-state index contributed by atoms with van der Waals surface area (Å²) in [6, 6.07) is 27.3. The van der Waals surface area contributed by atoms with E-state index < -0.39 is 17.1 Å². The van der Waals surface area contributed by atoms with Crippen molar-refractivity contribution in [3.8, 4) is 0 Å². The van der Waals surface area contributed by atoms with Gasteiger partial charge in [-0.3, -0.25) is 19.2 Å². The van der Waals surface area contributed by atoms with Crippen molar-refractivity contribution in [2.75, 3.05) is 10.6 Å². The van der Waals surface area contributed by atoms with Crippen LogP contribution in [0.5, 0.6) is 0 Å². The van der Waals surface area contributed by atoms with Crippen LogP contribution in [0.1, 0.15) is 46.5 Å². The molecule has 3 amide bonds. The van der Waals surface area contributed by atoms with Crippen LogP contribution in [0.4, 0.5) is 11.4 Å². The second-order valence-electron chi connectivity index (χ2n) is 9.64. The molecule has 3 N–H and O–H groups in total. The van der Waals surface area contributed by atoms with Crippen LogP contribution >= 0.6 is 35.0 Å². The van der Waals surface area contributed by atoms with Crippen LogP contribution in [-0.4, -0.2) is 28.8 Å². The Labute approximate surface area is 270 Å². The maximum Gasteiger partial charge on any atom is 0.272 e. The van der Waals surface area contributed by atoms with E-state index in [0.29, 0.717) is 39.5 Å². The Kier molecular flexibility index (Phi) is 11.4. The Morgan fingerprint density at radius 3 is 2.18 bits per heavy atom. The quantitative estimate of drug-likeness (QED) is 0.0868. The number of amides is 3. The highest BCUT2D eigenvalue weighted by atomic mass is 35.5. The number of halogens is 2. The zero-order chi connectivity index (χ0) is 31.6. The van der Waals surface area contributed by atoms with Gasteiger partial charge in [-0.05, 0) is 85.6 Å². The number of rotatable bonds is 11. The second-order valence-corrected chi connectivity index (χ2v) is 11.7. The molecule has 224 valence electrons. The maximum absolute atomic E-state index is 13.5. The number of benzene rings is 4. The summed E-state index contributed by atoms with van der Waals surface area (Å²) >= 11 is 13.9. The van der Waals surface area contributed by atoms with E-state index in [9.17, 15) is 19.2 Å². The van der Waals surface area contributed by atoms with Gasteiger partial charge in [0, 0.05) is 27.4 Å². The van der Waals surface area contributed by atoms with E-state index in [1.807, 2.05) is 13.0 Å². The molecule has 7 nitrogen and oxygen atoms in total. The van der Waals surface area contributed by atoms with E-state index in [1.165, 1.54) is 24.8 Å². The van der Waals surface area contributed by atoms with Crippen LogP contribution in [0.3, 0.4) is 0 Å². The normalized spacial score (nSPS) is 11.8. The van der Waals surface area contributed by atoms with Crippen molar-refractivity contribution in [3.05, 3.63) is 129 Å². The summed E-state index contributed by atoms with van der Waals surface area (Å²) in [4.78, 5) is 51.8. The minimum absolute atomic E-state index is 0.0392. The average Bonchev–Trinajstić information content (AvgIpc) is 3.02. The summed E-state index contributed by atoms with van der Waals surface area (Å²) in [7, 11) is 0. The number of thioether (sulfide) groups is 1. The smallest absolute Gasteiger partial charge is 0.272 e. The van der Waals surface area contributed by atoms with Gasteiger partial charge in [0.1, 0.15) is 5.70 Å². The van der Waals surface area contributed by atoms with Gasteiger partial charge in [-0.2, -0.15) is 0 Å². The molecular formula is C34H29Cl2N3O4S. The number of ketones is 1. The summed E-state index contributed by atoms with van der Waals surface area (Å²) in [5.41, 5.74) is 2.42. The lowest BCUT2D eigenvalue weighted by Crippen LogP contribution is -2.30. The monoisotopic (exact) mass is 645 g/mol. The first-order valence-corrected chi connectivity index (χ1v) is 15.3. The topological polar surface area (TPSA) is 104 Å². The lowest BCUT2D eigenvalue weighted by atomic mass is 10.1. The molecule has 0 aliphatic carbocycles. The first-order chi connectivity index (χ1) is 21.1. The summed E-state index contributed by atoms with van der Waals surface area (Å²) < 4.78 is 0. The van der Waals surface area contributed by atoms with Gasteiger partial charge in [0.2, 0.25) is 5.91 Å². The molecule has 0 heterocycles. The fraction of sp³-hybridized carbons (Fsp3) is 0.118. The summed E-state index contributed by atoms with van der Waals surface area (Å²) in [6.07, 6.45) is 2.01. The Balaban J connectivity index is 1.50. The van der Waals surface area contributed by atoms with Crippen molar-refractivity contribution >= 4 is 75.9 Å². The van der Waals surface area contributed by atoms with Crippen LogP contribution in [0, 0.1) is 0 Å². The van der Waals surface area contributed by atoms with E-state index >= 15 is 0 Å². The minimum atomic E-state index is -0.578. The number of nitrogens with one attached hydrogen (secondary N) is 3. The number of carbonyl (C=O) groups excluding carboxylic acids is 4. The summed E-state index contributed by atoms with van der Waals surface area (Å²) in [5, 5.41) is 8.54. The number of carbonyl (C=O) groups is 4. The lowest BCUT2D eigenvalue weighted by molar-refractivity contribution is -0.116. The molecule has 4 aromatic carbocycles. The molecule has 1 unspecified atom stereocenters. The molecule has 0 spiro atoms. The van der Waals surface area contributed by atoms with Crippen LogP contribution < -0.4 is 16.0 Å². The third kappa shape index (κ3) is 8.83. The highest BCUT2D eigenvalue weighted by Gasteiger charge is 2.20.